The molecule has 0 aliphatic rings. The molecule has 144 valence electrons. The van der Waals surface area contributed by atoms with Gasteiger partial charge in [-0.15, -0.1) is 0 Å². The van der Waals surface area contributed by atoms with Crippen molar-refractivity contribution in [2.45, 2.75) is 19.6 Å². The van der Waals surface area contributed by atoms with Crippen LogP contribution in [0.4, 0.5) is 0 Å². The van der Waals surface area contributed by atoms with Crippen LogP contribution < -0.4 is 19.5 Å². The van der Waals surface area contributed by atoms with Crippen molar-refractivity contribution >= 4 is 11.9 Å². The van der Waals surface area contributed by atoms with Gasteiger partial charge in [0.1, 0.15) is 5.75 Å². The fraction of sp³-hybridized carbons (Fsp3) is 0.300. The van der Waals surface area contributed by atoms with Gasteiger partial charge < -0.3 is 24.3 Å². The van der Waals surface area contributed by atoms with Crippen molar-refractivity contribution < 1.29 is 28.5 Å². The lowest BCUT2D eigenvalue weighted by Crippen LogP contribution is -2.32. The van der Waals surface area contributed by atoms with Crippen LogP contribution >= 0.6 is 0 Å². The van der Waals surface area contributed by atoms with Crippen molar-refractivity contribution in [3.63, 3.8) is 0 Å². The van der Waals surface area contributed by atoms with Crippen LogP contribution in [0.2, 0.25) is 0 Å². The zero-order chi connectivity index (χ0) is 19.6. The highest BCUT2D eigenvalue weighted by Crippen LogP contribution is 2.27. The van der Waals surface area contributed by atoms with E-state index in [4.69, 9.17) is 18.9 Å². The highest BCUT2D eigenvalue weighted by atomic mass is 16.6. The summed E-state index contributed by atoms with van der Waals surface area (Å²) in [7, 11) is 3.09. The quantitative estimate of drug-likeness (QED) is 0.680. The molecule has 1 amide bonds. The molecule has 2 aromatic rings. The van der Waals surface area contributed by atoms with Crippen molar-refractivity contribution in [3.05, 3.63) is 54.1 Å². The summed E-state index contributed by atoms with van der Waals surface area (Å²) < 4.78 is 20.8. The van der Waals surface area contributed by atoms with Gasteiger partial charge >= 0.3 is 5.97 Å². The Morgan fingerprint density at radius 2 is 1.70 bits per heavy atom. The Kier molecular flexibility index (Phi) is 7.49. The van der Waals surface area contributed by atoms with Crippen LogP contribution in [0.5, 0.6) is 17.2 Å². The number of carbonyl (C=O) groups excluding carboxylic acids is 2. The number of rotatable bonds is 9. The standard InChI is InChI=1S/C20H23NO6/c1-14(27-16-7-5-4-6-8-16)20(23)26-13-19(22)21-12-15-9-10-17(24-2)18(11-15)25-3/h4-11,14H,12-13H2,1-3H3,(H,21,22)/t14-/m0/s1. The van der Waals surface area contributed by atoms with E-state index in [1.165, 1.54) is 0 Å². The molecule has 2 aromatic carbocycles. The number of benzene rings is 2. The first kappa shape index (κ1) is 20.1. The van der Waals surface area contributed by atoms with Gasteiger partial charge in [0.05, 0.1) is 14.2 Å². The zero-order valence-corrected chi connectivity index (χ0v) is 15.6. The zero-order valence-electron chi connectivity index (χ0n) is 15.6. The predicted octanol–water partition coefficient (Wildman–Crippen LogP) is 2.33. The van der Waals surface area contributed by atoms with Crippen molar-refractivity contribution in [2.75, 3.05) is 20.8 Å². The SMILES string of the molecule is COc1ccc(CNC(=O)COC(=O)[C@H](C)Oc2ccccc2)cc1OC. The molecule has 0 heterocycles. The van der Waals surface area contributed by atoms with E-state index in [0.717, 1.165) is 5.56 Å². The Balaban J connectivity index is 1.76. The first-order valence-electron chi connectivity index (χ1n) is 8.39. The van der Waals surface area contributed by atoms with E-state index < -0.39 is 18.0 Å². The first-order chi connectivity index (χ1) is 13.0. The monoisotopic (exact) mass is 373 g/mol. The van der Waals surface area contributed by atoms with Gasteiger partial charge in [-0.25, -0.2) is 4.79 Å². The Morgan fingerprint density at radius 1 is 1.00 bits per heavy atom. The van der Waals surface area contributed by atoms with Crippen LogP contribution in [0.25, 0.3) is 0 Å². The third kappa shape index (κ3) is 6.22. The smallest absolute Gasteiger partial charge is 0.347 e. The number of hydrogen-bond donors (Lipinski definition) is 1. The number of carbonyl (C=O) groups is 2. The molecular formula is C20H23NO6. The maximum Gasteiger partial charge on any atom is 0.347 e. The first-order valence-corrected chi connectivity index (χ1v) is 8.39. The Hall–Kier alpha value is -3.22. The van der Waals surface area contributed by atoms with Gasteiger partial charge in [0.2, 0.25) is 0 Å². The Labute approximate surface area is 158 Å². The molecule has 0 unspecified atom stereocenters. The lowest BCUT2D eigenvalue weighted by Gasteiger charge is -2.14. The minimum absolute atomic E-state index is 0.271. The molecule has 0 bridgehead atoms. The van der Waals surface area contributed by atoms with Crippen LogP contribution in [0.3, 0.4) is 0 Å². The van der Waals surface area contributed by atoms with Gasteiger partial charge in [-0.2, -0.15) is 0 Å². The van der Waals surface area contributed by atoms with Crippen molar-refractivity contribution in [3.8, 4) is 17.2 Å². The van der Waals surface area contributed by atoms with E-state index in [1.54, 1.807) is 57.5 Å². The lowest BCUT2D eigenvalue weighted by atomic mass is 10.2. The lowest BCUT2D eigenvalue weighted by molar-refractivity contribution is -0.154. The summed E-state index contributed by atoms with van der Waals surface area (Å²) in [4.78, 5) is 23.8. The van der Waals surface area contributed by atoms with Crippen LogP contribution in [-0.2, 0) is 20.9 Å². The van der Waals surface area contributed by atoms with Crippen LogP contribution in [0.15, 0.2) is 48.5 Å². The third-order valence-corrected chi connectivity index (χ3v) is 3.67. The van der Waals surface area contributed by atoms with E-state index in [9.17, 15) is 9.59 Å². The molecule has 0 aliphatic heterocycles. The van der Waals surface area contributed by atoms with E-state index in [2.05, 4.69) is 5.32 Å². The molecule has 7 nitrogen and oxygen atoms in total. The van der Waals surface area contributed by atoms with Crippen LogP contribution in [0, 0.1) is 0 Å². The number of esters is 1. The fourth-order valence-electron chi connectivity index (χ4n) is 2.25. The van der Waals surface area contributed by atoms with Gasteiger partial charge in [0.25, 0.3) is 5.91 Å². The summed E-state index contributed by atoms with van der Waals surface area (Å²) in [6.07, 6.45) is -0.814. The highest BCUT2D eigenvalue weighted by Gasteiger charge is 2.17. The average Bonchev–Trinajstić information content (AvgIpc) is 2.70. The molecule has 0 radical (unpaired) electrons. The van der Waals surface area contributed by atoms with Crippen molar-refractivity contribution in [2.24, 2.45) is 0 Å². The second-order valence-electron chi connectivity index (χ2n) is 5.65. The molecule has 0 aromatic heterocycles. The Bertz CT molecular complexity index is 762. The summed E-state index contributed by atoms with van der Waals surface area (Å²) in [5.74, 6) is 0.710. The molecule has 1 N–H and O–H groups in total. The number of para-hydroxylation sites is 1. The average molecular weight is 373 g/mol. The fourth-order valence-corrected chi connectivity index (χ4v) is 2.25. The van der Waals surface area contributed by atoms with Crippen molar-refractivity contribution in [1.82, 2.24) is 5.32 Å². The van der Waals surface area contributed by atoms with Gasteiger partial charge in [-0.3, -0.25) is 4.79 Å². The Morgan fingerprint density at radius 3 is 2.37 bits per heavy atom. The number of nitrogens with one attached hydrogen (secondary N) is 1. The van der Waals surface area contributed by atoms with E-state index in [-0.39, 0.29) is 13.2 Å². The van der Waals surface area contributed by atoms with Crippen molar-refractivity contribution in [1.29, 1.82) is 0 Å². The minimum atomic E-state index is -0.814. The molecule has 27 heavy (non-hydrogen) atoms. The maximum absolute atomic E-state index is 11.9. The molecule has 7 heteroatoms. The second-order valence-corrected chi connectivity index (χ2v) is 5.65. The van der Waals surface area contributed by atoms with Gasteiger partial charge in [0, 0.05) is 6.54 Å². The predicted molar refractivity (Wildman–Crippen MR) is 98.9 cm³/mol. The summed E-state index contributed by atoms with van der Waals surface area (Å²) in [5.41, 5.74) is 0.827. The molecule has 0 aliphatic carbocycles. The van der Waals surface area contributed by atoms with E-state index in [1.807, 2.05) is 12.1 Å². The molecule has 2 rings (SSSR count). The van der Waals surface area contributed by atoms with Gasteiger partial charge in [-0.05, 0) is 36.8 Å². The topological polar surface area (TPSA) is 83.1 Å². The van der Waals surface area contributed by atoms with Gasteiger partial charge in [-0.1, -0.05) is 24.3 Å². The maximum atomic E-state index is 11.9. The molecule has 0 saturated heterocycles. The number of methoxy groups -OCH3 is 2. The molecule has 0 spiro atoms. The normalized spacial score (nSPS) is 11.2. The summed E-state index contributed by atoms with van der Waals surface area (Å²) in [5, 5.41) is 2.68. The van der Waals surface area contributed by atoms with Crippen LogP contribution in [0.1, 0.15) is 12.5 Å². The van der Waals surface area contributed by atoms with E-state index in [0.29, 0.717) is 17.2 Å². The summed E-state index contributed by atoms with van der Waals surface area (Å²) in [6.45, 7) is 1.46. The number of hydrogen-bond acceptors (Lipinski definition) is 6. The number of ether oxygens (including phenoxy) is 4. The number of amides is 1. The molecular weight excluding hydrogens is 350 g/mol. The summed E-state index contributed by atoms with van der Waals surface area (Å²) in [6, 6.07) is 14.2. The molecule has 0 saturated carbocycles. The largest absolute Gasteiger partial charge is 0.493 e. The molecule has 0 fully saturated rings. The third-order valence-electron chi connectivity index (χ3n) is 3.67. The minimum Gasteiger partial charge on any atom is -0.493 e. The highest BCUT2D eigenvalue weighted by molar-refractivity contribution is 5.82. The molecule has 1 atom stereocenters. The van der Waals surface area contributed by atoms with Crippen LogP contribution in [-0.4, -0.2) is 38.8 Å². The van der Waals surface area contributed by atoms with Gasteiger partial charge in [0.15, 0.2) is 24.2 Å². The second kappa shape index (κ2) is 10.1. The summed E-state index contributed by atoms with van der Waals surface area (Å²) >= 11 is 0. The van der Waals surface area contributed by atoms with E-state index >= 15 is 0 Å².